The minimum absolute atomic E-state index is 0.833. The van der Waals surface area contributed by atoms with Crippen LogP contribution in [0.3, 0.4) is 0 Å². The summed E-state index contributed by atoms with van der Waals surface area (Å²) < 4.78 is 0. The molecule has 0 radical (unpaired) electrons. The van der Waals surface area contributed by atoms with E-state index in [9.17, 15) is 0 Å². The van der Waals surface area contributed by atoms with Crippen LogP contribution in [0.1, 0.15) is 71.6 Å². The van der Waals surface area contributed by atoms with E-state index in [4.69, 9.17) is 15.0 Å². The molecule has 0 aromatic rings. The molecule has 3 heteroatoms. The van der Waals surface area contributed by atoms with Crippen LogP contribution in [0, 0.1) is 0 Å². The van der Waals surface area contributed by atoms with E-state index in [-0.39, 0.29) is 0 Å². The first-order valence-corrected chi connectivity index (χ1v) is 7.28. The van der Waals surface area contributed by atoms with E-state index in [1.807, 2.05) is 6.08 Å². The van der Waals surface area contributed by atoms with Crippen LogP contribution < -0.4 is 0 Å². The van der Waals surface area contributed by atoms with E-state index in [1.54, 1.807) is 0 Å². The van der Waals surface area contributed by atoms with Crippen molar-refractivity contribution >= 4 is 5.97 Å². The average Bonchev–Trinajstić information content (AvgIpc) is 2.35. The summed E-state index contributed by atoms with van der Waals surface area (Å²) in [5.74, 6) is -0.833. The second kappa shape index (κ2) is 19.1. The van der Waals surface area contributed by atoms with E-state index < -0.39 is 5.97 Å². The zero-order chi connectivity index (χ0) is 14.8. The van der Waals surface area contributed by atoms with E-state index in [0.29, 0.717) is 0 Å². The zero-order valence-corrected chi connectivity index (χ0v) is 12.5. The lowest BCUT2D eigenvalue weighted by molar-refractivity contribution is -0.134. The summed E-state index contributed by atoms with van der Waals surface area (Å²) >= 11 is 0. The summed E-state index contributed by atoms with van der Waals surface area (Å²) in [5, 5.41) is 15.8. The van der Waals surface area contributed by atoms with Crippen molar-refractivity contribution in [2.75, 3.05) is 0 Å². The summed E-state index contributed by atoms with van der Waals surface area (Å²) in [6.45, 7) is 3.26. The molecule has 0 fully saturated rings. The predicted molar refractivity (Wildman–Crippen MR) is 81.4 cm³/mol. The molecule has 2 N–H and O–H groups in total. The molecule has 0 aliphatic rings. The third-order valence-corrected chi connectivity index (χ3v) is 2.50. The van der Waals surface area contributed by atoms with Gasteiger partial charge >= 0.3 is 0 Å². The number of carboxylic acid groups (broad SMARTS) is 1. The average molecular weight is 270 g/mol. The molecule has 0 saturated heterocycles. The molecule has 0 rings (SSSR count). The van der Waals surface area contributed by atoms with E-state index in [0.717, 1.165) is 19.6 Å². The van der Waals surface area contributed by atoms with Gasteiger partial charge in [0.2, 0.25) is 0 Å². The number of hydrogen-bond acceptors (Lipinski definition) is 2. The third kappa shape index (κ3) is 31.5. The molecule has 0 unspecified atom stereocenters. The highest BCUT2D eigenvalue weighted by atomic mass is 16.4. The molecule has 0 aromatic heterocycles. The minimum atomic E-state index is -0.833. The molecule has 0 aliphatic heterocycles. The van der Waals surface area contributed by atoms with Crippen molar-refractivity contribution < 1.29 is 15.0 Å². The third-order valence-electron chi connectivity index (χ3n) is 2.50. The summed E-state index contributed by atoms with van der Waals surface area (Å²) in [5.41, 5.74) is 0. The van der Waals surface area contributed by atoms with Gasteiger partial charge in [0, 0.05) is 6.92 Å². The summed E-state index contributed by atoms with van der Waals surface area (Å²) in [6, 6.07) is 0. The fourth-order valence-electron chi connectivity index (χ4n) is 1.59. The van der Waals surface area contributed by atoms with Gasteiger partial charge in [-0.25, -0.2) is 0 Å². The molecule has 0 spiro atoms. The molecule has 3 nitrogen and oxygen atoms in total. The number of unbranched alkanes of at least 4 members (excludes halogenated alkanes) is 7. The fraction of sp³-hybridized carbons (Fsp3) is 0.688. The van der Waals surface area contributed by atoms with Crippen LogP contribution in [0.15, 0.2) is 24.5 Å². The maximum absolute atomic E-state index is 9.00. The Morgan fingerprint density at radius 1 is 0.895 bits per heavy atom. The van der Waals surface area contributed by atoms with Crippen LogP contribution in [-0.4, -0.2) is 16.2 Å². The van der Waals surface area contributed by atoms with Gasteiger partial charge in [0.25, 0.3) is 5.97 Å². The Labute approximate surface area is 118 Å². The Morgan fingerprint density at radius 2 is 1.32 bits per heavy atom. The van der Waals surface area contributed by atoms with Gasteiger partial charge in [-0.1, -0.05) is 50.8 Å². The first kappa shape index (κ1) is 20.1. The number of allylic oxidation sites excluding steroid dienone is 3. The van der Waals surface area contributed by atoms with Gasteiger partial charge in [0.1, 0.15) is 0 Å². The Bertz CT molecular complexity index is 228. The number of aliphatic hydroxyl groups excluding tert-OH is 1. The van der Waals surface area contributed by atoms with Gasteiger partial charge in [-0.05, 0) is 32.1 Å². The zero-order valence-electron chi connectivity index (χ0n) is 12.5. The second-order valence-electron chi connectivity index (χ2n) is 4.48. The molecule has 0 saturated carbocycles. The topological polar surface area (TPSA) is 57.5 Å². The van der Waals surface area contributed by atoms with Crippen LogP contribution >= 0.6 is 0 Å². The lowest BCUT2D eigenvalue weighted by Gasteiger charge is -1.98. The Kier molecular flexibility index (Phi) is 20.2. The normalized spacial score (nSPS) is 10.6. The van der Waals surface area contributed by atoms with E-state index in [2.05, 4.69) is 19.1 Å². The van der Waals surface area contributed by atoms with Gasteiger partial charge in [-0.3, -0.25) is 4.79 Å². The number of aliphatic hydroxyl groups is 1. The monoisotopic (exact) mass is 270 g/mol. The van der Waals surface area contributed by atoms with Crippen LogP contribution in [-0.2, 0) is 4.79 Å². The highest BCUT2D eigenvalue weighted by Gasteiger charge is 1.89. The maximum Gasteiger partial charge on any atom is 0.300 e. The van der Waals surface area contributed by atoms with Crippen molar-refractivity contribution in [2.45, 2.75) is 71.6 Å². The quantitative estimate of drug-likeness (QED) is 0.324. The largest absolute Gasteiger partial charge is 0.516 e. The van der Waals surface area contributed by atoms with Crippen LogP contribution in [0.5, 0.6) is 0 Å². The highest BCUT2D eigenvalue weighted by Crippen LogP contribution is 2.09. The van der Waals surface area contributed by atoms with Crippen LogP contribution in [0.25, 0.3) is 0 Å². The molecule has 0 amide bonds. The first-order chi connectivity index (χ1) is 9.15. The SMILES string of the molecule is CC(=O)O.CC/C=C/CCCCCCCC/C=C/O. The number of rotatable bonds is 10. The lowest BCUT2D eigenvalue weighted by Crippen LogP contribution is -1.79. The molecule has 112 valence electrons. The Morgan fingerprint density at radius 3 is 1.74 bits per heavy atom. The first-order valence-electron chi connectivity index (χ1n) is 7.28. The van der Waals surface area contributed by atoms with Crippen molar-refractivity contribution in [1.29, 1.82) is 0 Å². The molecule has 19 heavy (non-hydrogen) atoms. The molecule has 0 aliphatic carbocycles. The van der Waals surface area contributed by atoms with Crippen molar-refractivity contribution in [2.24, 2.45) is 0 Å². The molecule has 0 bridgehead atoms. The van der Waals surface area contributed by atoms with Gasteiger partial charge in [0.15, 0.2) is 0 Å². The van der Waals surface area contributed by atoms with E-state index >= 15 is 0 Å². The number of aliphatic carboxylic acids is 1. The Balaban J connectivity index is 0. The predicted octanol–water partition coefficient (Wildman–Crippen LogP) is 5.24. The number of carboxylic acids is 1. The minimum Gasteiger partial charge on any atom is -0.516 e. The van der Waals surface area contributed by atoms with Crippen molar-refractivity contribution in [3.05, 3.63) is 24.5 Å². The van der Waals surface area contributed by atoms with Gasteiger partial charge in [0.05, 0.1) is 6.26 Å². The van der Waals surface area contributed by atoms with Gasteiger partial charge in [-0.15, -0.1) is 0 Å². The molecule has 0 heterocycles. The van der Waals surface area contributed by atoms with Crippen LogP contribution in [0.2, 0.25) is 0 Å². The van der Waals surface area contributed by atoms with Crippen molar-refractivity contribution in [3.63, 3.8) is 0 Å². The summed E-state index contributed by atoms with van der Waals surface area (Å²) in [4.78, 5) is 9.00. The molecular weight excluding hydrogens is 240 g/mol. The highest BCUT2D eigenvalue weighted by molar-refractivity contribution is 5.62. The second-order valence-corrected chi connectivity index (χ2v) is 4.48. The molecular formula is C16H30O3. The summed E-state index contributed by atoms with van der Waals surface area (Å²) in [7, 11) is 0. The maximum atomic E-state index is 9.00. The van der Waals surface area contributed by atoms with Gasteiger partial charge in [-0.2, -0.15) is 0 Å². The van der Waals surface area contributed by atoms with Crippen molar-refractivity contribution in [1.82, 2.24) is 0 Å². The smallest absolute Gasteiger partial charge is 0.300 e. The fourth-order valence-corrected chi connectivity index (χ4v) is 1.59. The van der Waals surface area contributed by atoms with E-state index in [1.165, 1.54) is 51.4 Å². The van der Waals surface area contributed by atoms with Crippen LogP contribution in [0.4, 0.5) is 0 Å². The number of hydrogen-bond donors (Lipinski definition) is 2. The Hall–Kier alpha value is -1.25. The summed E-state index contributed by atoms with van der Waals surface area (Å²) in [6.07, 6.45) is 18.9. The lowest BCUT2D eigenvalue weighted by atomic mass is 10.1. The van der Waals surface area contributed by atoms with Crippen molar-refractivity contribution in [3.8, 4) is 0 Å². The number of carbonyl (C=O) groups is 1. The molecule has 0 aromatic carbocycles. The molecule has 0 atom stereocenters. The van der Waals surface area contributed by atoms with Gasteiger partial charge < -0.3 is 10.2 Å². The standard InChI is InChI=1S/C14H26O.C2H4O2/c1-2-3-4-5-6-7-8-9-10-11-12-13-14-15;1-2(3)4/h3-4,13-15H,2,5-12H2,1H3;1H3,(H,3,4)/b4-3+,14-13+;.